The first-order valence-electron chi connectivity index (χ1n) is 7.46. The largest absolute Gasteiger partial charge is 0.399 e. The fourth-order valence-electron chi connectivity index (χ4n) is 2.41. The van der Waals surface area contributed by atoms with E-state index in [4.69, 9.17) is 5.73 Å². The van der Waals surface area contributed by atoms with Gasteiger partial charge in [0.2, 0.25) is 0 Å². The third-order valence-electron chi connectivity index (χ3n) is 3.76. The number of rotatable bonds is 3. The number of carbonyl (C=O) groups is 1. The maximum atomic E-state index is 12.4. The predicted molar refractivity (Wildman–Crippen MR) is 95.4 cm³/mol. The van der Waals surface area contributed by atoms with E-state index in [0.717, 1.165) is 22.4 Å². The summed E-state index contributed by atoms with van der Waals surface area (Å²) >= 11 is 0. The average Bonchev–Trinajstić information content (AvgIpc) is 2.59. The maximum Gasteiger partial charge on any atom is 0.255 e. The lowest BCUT2D eigenvalue weighted by Crippen LogP contribution is -2.12. The second kappa shape index (κ2) is 6.36. The molecule has 23 heavy (non-hydrogen) atoms. The van der Waals surface area contributed by atoms with Crippen molar-refractivity contribution < 1.29 is 4.79 Å². The van der Waals surface area contributed by atoms with Gasteiger partial charge in [0, 0.05) is 16.9 Å². The Kier molecular flexibility index (Phi) is 4.11. The molecule has 0 radical (unpaired) electrons. The zero-order valence-corrected chi connectivity index (χ0v) is 12.9. The summed E-state index contributed by atoms with van der Waals surface area (Å²) < 4.78 is 0. The number of nitrogens with two attached hydrogens (primary N) is 1. The van der Waals surface area contributed by atoms with Gasteiger partial charge in [-0.25, -0.2) is 0 Å². The van der Waals surface area contributed by atoms with Crippen molar-refractivity contribution in [3.05, 3.63) is 83.9 Å². The quantitative estimate of drug-likeness (QED) is 0.700. The Balaban J connectivity index is 1.79. The van der Waals surface area contributed by atoms with Crippen LogP contribution in [0, 0.1) is 6.92 Å². The number of aryl methyl sites for hydroxylation is 1. The van der Waals surface area contributed by atoms with Crippen LogP contribution in [-0.4, -0.2) is 5.91 Å². The first-order valence-corrected chi connectivity index (χ1v) is 7.46. The van der Waals surface area contributed by atoms with Crippen LogP contribution < -0.4 is 11.1 Å². The van der Waals surface area contributed by atoms with E-state index < -0.39 is 0 Å². The molecule has 3 aromatic carbocycles. The molecule has 114 valence electrons. The van der Waals surface area contributed by atoms with Crippen LogP contribution in [0.1, 0.15) is 15.9 Å². The van der Waals surface area contributed by atoms with Crippen LogP contribution in [0.5, 0.6) is 0 Å². The topological polar surface area (TPSA) is 55.1 Å². The SMILES string of the molecule is Cc1ccc(N)cc1NC(=O)c1ccc(-c2ccccc2)cc1. The Hall–Kier alpha value is -3.07. The fourth-order valence-corrected chi connectivity index (χ4v) is 2.41. The number of amides is 1. The van der Waals surface area contributed by atoms with Crippen molar-refractivity contribution in [3.63, 3.8) is 0 Å². The molecule has 0 saturated carbocycles. The second-order valence-electron chi connectivity index (χ2n) is 5.47. The molecule has 0 fully saturated rings. The Morgan fingerprint density at radius 2 is 1.52 bits per heavy atom. The lowest BCUT2D eigenvalue weighted by Gasteiger charge is -2.10. The average molecular weight is 302 g/mol. The number of hydrogen-bond donors (Lipinski definition) is 2. The van der Waals surface area contributed by atoms with Crippen LogP contribution in [0.3, 0.4) is 0 Å². The van der Waals surface area contributed by atoms with E-state index in [0.29, 0.717) is 11.3 Å². The van der Waals surface area contributed by atoms with E-state index in [-0.39, 0.29) is 5.91 Å². The summed E-state index contributed by atoms with van der Waals surface area (Å²) in [5.41, 5.74) is 11.0. The summed E-state index contributed by atoms with van der Waals surface area (Å²) in [5.74, 6) is -0.140. The number of benzene rings is 3. The Morgan fingerprint density at radius 1 is 0.870 bits per heavy atom. The van der Waals surface area contributed by atoms with Gasteiger partial charge < -0.3 is 11.1 Å². The first-order chi connectivity index (χ1) is 11.1. The summed E-state index contributed by atoms with van der Waals surface area (Å²) in [7, 11) is 0. The molecule has 3 heteroatoms. The molecular weight excluding hydrogens is 284 g/mol. The standard InChI is InChI=1S/C20H18N2O/c1-14-7-12-18(21)13-19(14)22-20(23)17-10-8-16(9-11-17)15-5-3-2-4-6-15/h2-13H,21H2,1H3,(H,22,23). The highest BCUT2D eigenvalue weighted by Gasteiger charge is 2.08. The minimum Gasteiger partial charge on any atom is -0.399 e. The van der Waals surface area contributed by atoms with Gasteiger partial charge in [-0.1, -0.05) is 48.5 Å². The second-order valence-corrected chi connectivity index (χ2v) is 5.47. The smallest absolute Gasteiger partial charge is 0.255 e. The Morgan fingerprint density at radius 3 is 2.22 bits per heavy atom. The van der Waals surface area contributed by atoms with Crippen molar-refractivity contribution in [1.82, 2.24) is 0 Å². The molecule has 0 spiro atoms. The monoisotopic (exact) mass is 302 g/mol. The molecule has 0 saturated heterocycles. The Labute approximate surface area is 135 Å². The summed E-state index contributed by atoms with van der Waals surface area (Å²) in [6.45, 7) is 1.94. The van der Waals surface area contributed by atoms with Crippen LogP contribution in [0.25, 0.3) is 11.1 Å². The van der Waals surface area contributed by atoms with Crippen LogP contribution in [-0.2, 0) is 0 Å². The van der Waals surface area contributed by atoms with Gasteiger partial charge >= 0.3 is 0 Å². The van der Waals surface area contributed by atoms with Crippen LogP contribution in [0.15, 0.2) is 72.8 Å². The summed E-state index contributed by atoms with van der Waals surface area (Å²) in [6.07, 6.45) is 0. The number of nitrogens with one attached hydrogen (secondary N) is 1. The summed E-state index contributed by atoms with van der Waals surface area (Å²) in [4.78, 5) is 12.4. The van der Waals surface area contributed by atoms with Gasteiger partial charge in [0.05, 0.1) is 0 Å². The molecule has 0 unspecified atom stereocenters. The van der Waals surface area contributed by atoms with Gasteiger partial charge in [-0.2, -0.15) is 0 Å². The third kappa shape index (κ3) is 3.40. The van der Waals surface area contributed by atoms with Gasteiger partial charge in [0.15, 0.2) is 0 Å². The molecule has 3 N–H and O–H groups in total. The first kappa shape index (κ1) is 14.9. The predicted octanol–water partition coefficient (Wildman–Crippen LogP) is 4.50. The van der Waals surface area contributed by atoms with Gasteiger partial charge in [0.1, 0.15) is 0 Å². The highest BCUT2D eigenvalue weighted by Crippen LogP contribution is 2.21. The minimum absolute atomic E-state index is 0.140. The lowest BCUT2D eigenvalue weighted by molar-refractivity contribution is 0.102. The van der Waals surface area contributed by atoms with Crippen molar-refractivity contribution >= 4 is 17.3 Å². The van der Waals surface area contributed by atoms with Gasteiger partial charge in [-0.15, -0.1) is 0 Å². The zero-order valence-electron chi connectivity index (χ0n) is 12.9. The van der Waals surface area contributed by atoms with E-state index in [2.05, 4.69) is 5.32 Å². The Bertz CT molecular complexity index is 824. The number of nitrogen functional groups attached to an aromatic ring is 1. The molecular formula is C20H18N2O. The summed E-state index contributed by atoms with van der Waals surface area (Å²) in [5, 5.41) is 2.91. The molecule has 0 atom stereocenters. The van der Waals surface area contributed by atoms with Gasteiger partial charge in [-0.05, 0) is 47.9 Å². The maximum absolute atomic E-state index is 12.4. The van der Waals surface area contributed by atoms with E-state index in [1.807, 2.05) is 73.7 Å². The normalized spacial score (nSPS) is 10.3. The van der Waals surface area contributed by atoms with E-state index >= 15 is 0 Å². The van der Waals surface area contributed by atoms with Crippen molar-refractivity contribution in [2.24, 2.45) is 0 Å². The molecule has 0 aliphatic rings. The molecule has 0 aromatic heterocycles. The molecule has 0 aliphatic carbocycles. The van der Waals surface area contributed by atoms with Crippen molar-refractivity contribution in [2.75, 3.05) is 11.1 Å². The van der Waals surface area contributed by atoms with Crippen LogP contribution in [0.4, 0.5) is 11.4 Å². The molecule has 3 aromatic rings. The number of carbonyl (C=O) groups excluding carboxylic acids is 1. The molecule has 3 rings (SSSR count). The van der Waals surface area contributed by atoms with Gasteiger partial charge in [-0.3, -0.25) is 4.79 Å². The lowest BCUT2D eigenvalue weighted by atomic mass is 10.0. The highest BCUT2D eigenvalue weighted by atomic mass is 16.1. The number of hydrogen-bond acceptors (Lipinski definition) is 2. The van der Waals surface area contributed by atoms with Crippen LogP contribution in [0.2, 0.25) is 0 Å². The molecule has 0 heterocycles. The van der Waals surface area contributed by atoms with Crippen molar-refractivity contribution in [2.45, 2.75) is 6.92 Å². The molecule has 0 bridgehead atoms. The zero-order chi connectivity index (χ0) is 16.2. The molecule has 3 nitrogen and oxygen atoms in total. The van der Waals surface area contributed by atoms with Crippen molar-refractivity contribution in [3.8, 4) is 11.1 Å². The van der Waals surface area contributed by atoms with Gasteiger partial charge in [0.25, 0.3) is 5.91 Å². The molecule has 1 amide bonds. The van der Waals surface area contributed by atoms with E-state index in [1.54, 1.807) is 6.07 Å². The van der Waals surface area contributed by atoms with E-state index in [1.165, 1.54) is 0 Å². The van der Waals surface area contributed by atoms with E-state index in [9.17, 15) is 4.79 Å². The highest BCUT2D eigenvalue weighted by molar-refractivity contribution is 6.05. The fraction of sp³-hybridized carbons (Fsp3) is 0.0500. The minimum atomic E-state index is -0.140. The molecule has 0 aliphatic heterocycles. The summed E-state index contributed by atoms with van der Waals surface area (Å²) in [6, 6.07) is 23.1. The third-order valence-corrected chi connectivity index (χ3v) is 3.76. The van der Waals surface area contributed by atoms with Crippen LogP contribution >= 0.6 is 0 Å². The number of anilines is 2. The van der Waals surface area contributed by atoms with Crippen molar-refractivity contribution in [1.29, 1.82) is 0 Å².